The zero-order valence-electron chi connectivity index (χ0n) is 17.7. The Morgan fingerprint density at radius 1 is 1.16 bits per heavy atom. The fraction of sp³-hybridized carbons (Fsp3) is 0.348. The van der Waals surface area contributed by atoms with Gasteiger partial charge in [0.2, 0.25) is 5.78 Å². The number of aliphatic hydroxyl groups excluding tert-OH is 3. The van der Waals surface area contributed by atoms with Crippen molar-refractivity contribution in [1.82, 2.24) is 4.90 Å². The molecule has 1 aromatic carbocycles. The smallest absolute Gasteiger partial charge is 0.203 e. The van der Waals surface area contributed by atoms with Crippen molar-refractivity contribution < 1.29 is 39.9 Å². The number of likely N-dealkylation sites (N-methyl/N-ethyl adjacent to an activating group) is 1. The minimum atomic E-state index is -2.86. The molecule has 9 nitrogen and oxygen atoms in total. The van der Waals surface area contributed by atoms with Gasteiger partial charge in [-0.15, -0.1) is 0 Å². The standard InChI is InChI=1S/C23H23NO8/c1-8-10-6-5-7-11(26)14(10)18(27)15-12(8)19(28)16-17(24(3)4)20(29)13(9(2)25)21(30)23(16,32)22(15)31/h5-7,12,16-17,19,26-28,30,32H,1H2,2-4H3/t12-,16-,17+,19+,23-/m1/s1. The highest BCUT2D eigenvalue weighted by molar-refractivity contribution is 6.25. The van der Waals surface area contributed by atoms with Crippen molar-refractivity contribution in [1.29, 1.82) is 0 Å². The van der Waals surface area contributed by atoms with E-state index in [0.717, 1.165) is 6.92 Å². The lowest BCUT2D eigenvalue weighted by atomic mass is 9.55. The molecule has 0 aromatic heterocycles. The summed E-state index contributed by atoms with van der Waals surface area (Å²) in [5.74, 6) is -7.83. The molecule has 0 saturated heterocycles. The molecule has 4 rings (SSSR count). The lowest BCUT2D eigenvalue weighted by molar-refractivity contribution is -0.166. The van der Waals surface area contributed by atoms with Crippen molar-refractivity contribution >= 4 is 28.7 Å². The first kappa shape index (κ1) is 21.9. The Morgan fingerprint density at radius 2 is 1.78 bits per heavy atom. The lowest BCUT2D eigenvalue weighted by Gasteiger charge is -2.53. The largest absolute Gasteiger partial charge is 0.508 e. The number of carbonyl (C=O) groups is 3. The van der Waals surface area contributed by atoms with E-state index in [1.165, 1.54) is 31.1 Å². The molecule has 32 heavy (non-hydrogen) atoms. The van der Waals surface area contributed by atoms with Crippen LogP contribution in [0.15, 0.2) is 41.7 Å². The van der Waals surface area contributed by atoms with Gasteiger partial charge in [-0.1, -0.05) is 18.7 Å². The number of Topliss-reactive ketones (excluding diaryl/α,β-unsaturated/α-hetero) is 3. The fourth-order valence-electron chi connectivity index (χ4n) is 5.31. The number of fused-ring (bicyclic) bond motifs is 3. The number of phenolic OH excluding ortho intramolecular Hbond substituents is 1. The summed E-state index contributed by atoms with van der Waals surface area (Å²) in [4.78, 5) is 40.2. The number of hydrogen-bond acceptors (Lipinski definition) is 9. The first-order valence-corrected chi connectivity index (χ1v) is 9.92. The van der Waals surface area contributed by atoms with Gasteiger partial charge in [0, 0.05) is 5.92 Å². The van der Waals surface area contributed by atoms with E-state index in [1.54, 1.807) is 6.07 Å². The van der Waals surface area contributed by atoms with Gasteiger partial charge in [-0.2, -0.15) is 0 Å². The number of phenols is 1. The summed E-state index contributed by atoms with van der Waals surface area (Å²) < 4.78 is 0. The highest BCUT2D eigenvalue weighted by atomic mass is 16.4. The zero-order chi connectivity index (χ0) is 23.9. The van der Waals surface area contributed by atoms with Crippen LogP contribution in [0, 0.1) is 11.8 Å². The molecule has 1 fully saturated rings. The van der Waals surface area contributed by atoms with Crippen molar-refractivity contribution in [3.63, 3.8) is 0 Å². The minimum absolute atomic E-state index is 0.0994. The number of rotatable bonds is 2. The van der Waals surface area contributed by atoms with Crippen LogP contribution in [0.3, 0.4) is 0 Å². The molecule has 0 bridgehead atoms. The third-order valence-electron chi connectivity index (χ3n) is 6.71. The van der Waals surface area contributed by atoms with E-state index in [-0.39, 0.29) is 16.9 Å². The molecule has 3 aliphatic rings. The van der Waals surface area contributed by atoms with Crippen LogP contribution in [0.4, 0.5) is 0 Å². The van der Waals surface area contributed by atoms with E-state index < -0.39 is 69.6 Å². The van der Waals surface area contributed by atoms with Crippen molar-refractivity contribution in [2.24, 2.45) is 11.8 Å². The van der Waals surface area contributed by atoms with E-state index in [0.29, 0.717) is 5.56 Å². The van der Waals surface area contributed by atoms with Crippen LogP contribution in [-0.2, 0) is 14.4 Å². The van der Waals surface area contributed by atoms with Gasteiger partial charge in [0.1, 0.15) is 22.8 Å². The molecule has 0 aliphatic heterocycles. The summed E-state index contributed by atoms with van der Waals surface area (Å²) in [6.07, 6.45) is -1.65. The average Bonchev–Trinajstić information content (AvgIpc) is 2.70. The van der Waals surface area contributed by atoms with E-state index in [4.69, 9.17) is 0 Å². The molecular formula is C23H23NO8. The van der Waals surface area contributed by atoms with Gasteiger partial charge in [0.05, 0.1) is 29.2 Å². The zero-order valence-corrected chi connectivity index (χ0v) is 17.7. The van der Waals surface area contributed by atoms with Crippen molar-refractivity contribution in [3.05, 3.63) is 52.8 Å². The van der Waals surface area contributed by atoms with Gasteiger partial charge in [-0.25, -0.2) is 0 Å². The van der Waals surface area contributed by atoms with Crippen LogP contribution < -0.4 is 0 Å². The molecule has 0 amide bonds. The molecule has 1 aromatic rings. The Kier molecular flexibility index (Phi) is 4.71. The van der Waals surface area contributed by atoms with Crippen molar-refractivity contribution in [2.75, 3.05) is 14.1 Å². The van der Waals surface area contributed by atoms with Crippen LogP contribution in [0.5, 0.6) is 5.75 Å². The maximum absolute atomic E-state index is 13.7. The fourth-order valence-corrected chi connectivity index (χ4v) is 5.31. The molecule has 0 unspecified atom stereocenters. The Morgan fingerprint density at radius 3 is 2.34 bits per heavy atom. The van der Waals surface area contributed by atoms with Crippen LogP contribution in [-0.4, -0.2) is 79.6 Å². The molecule has 3 aliphatic carbocycles. The highest BCUT2D eigenvalue weighted by Gasteiger charge is 2.67. The number of aromatic hydroxyl groups is 1. The number of nitrogens with zero attached hydrogens (tertiary/aromatic N) is 1. The number of carbonyl (C=O) groups excluding carboxylic acids is 3. The molecule has 0 heterocycles. The second-order valence-corrected chi connectivity index (χ2v) is 8.63. The first-order valence-electron chi connectivity index (χ1n) is 9.92. The van der Waals surface area contributed by atoms with Gasteiger partial charge >= 0.3 is 0 Å². The molecule has 9 heteroatoms. The summed E-state index contributed by atoms with van der Waals surface area (Å²) in [6, 6.07) is 3.02. The van der Waals surface area contributed by atoms with Crippen LogP contribution in [0.2, 0.25) is 0 Å². The van der Waals surface area contributed by atoms with Crippen LogP contribution in [0.1, 0.15) is 18.1 Å². The molecule has 5 atom stereocenters. The van der Waals surface area contributed by atoms with Gasteiger partial charge in [-0.05, 0) is 38.2 Å². The Hall–Kier alpha value is -3.27. The lowest BCUT2D eigenvalue weighted by Crippen LogP contribution is -2.69. The number of benzene rings is 1. The summed E-state index contributed by atoms with van der Waals surface area (Å²) in [5.41, 5.74) is -3.67. The van der Waals surface area contributed by atoms with Crippen LogP contribution in [0.25, 0.3) is 11.3 Å². The second-order valence-electron chi connectivity index (χ2n) is 8.63. The van der Waals surface area contributed by atoms with E-state index in [2.05, 4.69) is 6.58 Å². The Labute approximate surface area is 183 Å². The van der Waals surface area contributed by atoms with Gasteiger partial charge in [-0.3, -0.25) is 19.3 Å². The molecule has 5 N–H and O–H groups in total. The number of aliphatic hydroxyl groups is 4. The monoisotopic (exact) mass is 441 g/mol. The molecule has 168 valence electrons. The predicted octanol–water partition coefficient (Wildman–Crippen LogP) is 0.509. The maximum atomic E-state index is 13.7. The van der Waals surface area contributed by atoms with E-state index in [9.17, 15) is 39.9 Å². The summed E-state index contributed by atoms with van der Waals surface area (Å²) in [7, 11) is 2.96. The van der Waals surface area contributed by atoms with Gasteiger partial charge < -0.3 is 25.5 Å². The first-order chi connectivity index (χ1) is 14.9. The van der Waals surface area contributed by atoms with Crippen molar-refractivity contribution in [2.45, 2.75) is 24.7 Å². The quantitative estimate of drug-likeness (QED) is 0.413. The van der Waals surface area contributed by atoms with Crippen molar-refractivity contribution in [3.8, 4) is 5.75 Å². The van der Waals surface area contributed by atoms with Crippen LogP contribution >= 0.6 is 0 Å². The normalized spacial score (nSPS) is 32.1. The second kappa shape index (κ2) is 6.86. The number of ketones is 3. The SMILES string of the molecule is C=C1c2cccc(O)c2C(O)=C2C(=O)[C@]3(O)C(O)=C(C(C)=O)C(=O)[C@@H](N(C)C)[C@@H]3[C@@H](O)[C@H]12. The maximum Gasteiger partial charge on any atom is 0.203 e. The Balaban J connectivity index is 2.08. The highest BCUT2D eigenvalue weighted by Crippen LogP contribution is 2.55. The summed E-state index contributed by atoms with van der Waals surface area (Å²) in [6.45, 7) is 4.95. The topological polar surface area (TPSA) is 156 Å². The summed E-state index contributed by atoms with van der Waals surface area (Å²) in [5, 5.41) is 54.9. The predicted molar refractivity (Wildman–Crippen MR) is 112 cm³/mol. The summed E-state index contributed by atoms with van der Waals surface area (Å²) >= 11 is 0. The molecule has 1 saturated carbocycles. The van der Waals surface area contributed by atoms with E-state index in [1.807, 2.05) is 0 Å². The average molecular weight is 441 g/mol. The Bertz CT molecular complexity index is 1180. The van der Waals surface area contributed by atoms with E-state index >= 15 is 0 Å². The molecular weight excluding hydrogens is 418 g/mol. The van der Waals surface area contributed by atoms with Gasteiger partial charge in [0.15, 0.2) is 17.2 Å². The van der Waals surface area contributed by atoms with Gasteiger partial charge in [0.25, 0.3) is 0 Å². The number of hydrogen-bond donors (Lipinski definition) is 5. The third-order valence-corrected chi connectivity index (χ3v) is 6.71. The molecule has 0 spiro atoms. The third kappa shape index (κ3) is 2.46. The minimum Gasteiger partial charge on any atom is -0.508 e. The molecule has 0 radical (unpaired) electrons.